The van der Waals surface area contributed by atoms with Crippen LogP contribution < -0.4 is 0 Å². The zero-order valence-electron chi connectivity index (χ0n) is 34.2. The van der Waals surface area contributed by atoms with Gasteiger partial charge in [-0.3, -0.25) is 0 Å². The van der Waals surface area contributed by atoms with E-state index >= 15 is 0 Å². The van der Waals surface area contributed by atoms with Gasteiger partial charge in [0.05, 0.1) is 13.1 Å². The standard InChI is InChI=1S/C43H56N4O6/c1-23-16-32(41(7,8)9)35(48)26(4)29(23)19-45-38(51)46(20-30-24(2)17-33(42(10,11)12)36(49)27(30)5)40(53)47(22-44,39(45)52)21-31-25(3)18-34(43(13,14)15)37(50)28(31)6/h16-18H,19-21H2,1-15H3,(H2-,48,49,50)/p+1. The van der Waals surface area contributed by atoms with Crippen molar-refractivity contribution in [3.63, 3.8) is 0 Å². The Morgan fingerprint density at radius 2 is 0.849 bits per heavy atom. The van der Waals surface area contributed by atoms with Crippen LogP contribution in [0, 0.1) is 53.0 Å². The van der Waals surface area contributed by atoms with Gasteiger partial charge in [0.15, 0.2) is 0 Å². The molecule has 0 atom stereocenters. The number of hydrogen-bond acceptors (Lipinski definition) is 7. The molecule has 0 aliphatic carbocycles. The fourth-order valence-electron chi connectivity index (χ4n) is 7.37. The van der Waals surface area contributed by atoms with Crippen LogP contribution in [-0.2, 0) is 35.9 Å². The van der Waals surface area contributed by atoms with Crippen LogP contribution >= 0.6 is 0 Å². The van der Waals surface area contributed by atoms with Crippen molar-refractivity contribution < 1.29 is 34.2 Å². The predicted octanol–water partition coefficient (Wildman–Crippen LogP) is 9.72. The topological polar surface area (TPSA) is 142 Å². The second-order valence-corrected chi connectivity index (χ2v) is 17.9. The van der Waals surface area contributed by atoms with Crippen molar-refractivity contribution in [1.82, 2.24) is 9.80 Å². The third-order valence-corrected chi connectivity index (χ3v) is 10.9. The van der Waals surface area contributed by atoms with Crippen LogP contribution in [0.5, 0.6) is 17.2 Å². The van der Waals surface area contributed by atoms with Gasteiger partial charge in [-0.05, 0) is 113 Å². The van der Waals surface area contributed by atoms with E-state index in [-0.39, 0.29) is 30.3 Å². The molecule has 0 unspecified atom stereocenters. The van der Waals surface area contributed by atoms with E-state index in [1.807, 2.05) is 107 Å². The first-order chi connectivity index (χ1) is 24.1. The van der Waals surface area contributed by atoms with Crippen molar-refractivity contribution in [2.45, 2.75) is 140 Å². The quantitative estimate of drug-likeness (QED) is 0.170. The molecule has 0 aromatic heterocycles. The average molecular weight is 726 g/mol. The first kappa shape index (κ1) is 40.9. The number of carbonyl (C=O) groups excluding carboxylic acids is 3. The lowest BCUT2D eigenvalue weighted by Gasteiger charge is -2.40. The van der Waals surface area contributed by atoms with E-state index in [1.54, 1.807) is 20.8 Å². The van der Waals surface area contributed by atoms with Gasteiger partial charge >= 0.3 is 24.3 Å². The molecule has 0 saturated carbocycles. The van der Waals surface area contributed by atoms with Crippen molar-refractivity contribution >= 4 is 18.1 Å². The lowest BCUT2D eigenvalue weighted by Crippen LogP contribution is -2.70. The summed E-state index contributed by atoms with van der Waals surface area (Å²) in [7, 11) is 0. The molecule has 1 aliphatic heterocycles. The molecule has 1 aliphatic rings. The maximum Gasteiger partial charge on any atom is 0.452 e. The zero-order valence-corrected chi connectivity index (χ0v) is 34.2. The molecule has 1 saturated heterocycles. The number of nitrogens with zero attached hydrogens (tertiary/aromatic N) is 4. The Hall–Kier alpha value is -4.88. The normalized spacial score (nSPS) is 15.3. The van der Waals surface area contributed by atoms with Crippen molar-refractivity contribution in [2.24, 2.45) is 0 Å². The van der Waals surface area contributed by atoms with Gasteiger partial charge in [-0.1, -0.05) is 85.0 Å². The Balaban J connectivity index is 1.97. The number of phenols is 3. The molecule has 3 aromatic rings. The van der Waals surface area contributed by atoms with Crippen molar-refractivity contribution in [3.05, 3.63) is 85.0 Å². The number of imide groups is 3. The number of nitriles is 1. The highest BCUT2D eigenvalue weighted by Gasteiger charge is 2.61. The summed E-state index contributed by atoms with van der Waals surface area (Å²) in [5.41, 5.74) is 5.91. The van der Waals surface area contributed by atoms with Gasteiger partial charge < -0.3 is 15.3 Å². The number of carbonyl (C=O) groups is 3. The summed E-state index contributed by atoms with van der Waals surface area (Å²) in [5.74, 6) is 0.104. The van der Waals surface area contributed by atoms with E-state index in [0.29, 0.717) is 55.6 Å². The number of hydrogen-bond donors (Lipinski definition) is 3. The molecule has 0 spiro atoms. The van der Waals surface area contributed by atoms with E-state index in [1.165, 1.54) is 0 Å². The summed E-state index contributed by atoms with van der Waals surface area (Å²) in [6, 6.07) is 2.50. The number of phenolic OH excluding ortho intramolecular Hbond substituents is 3. The number of benzene rings is 3. The minimum Gasteiger partial charge on any atom is -0.507 e. The van der Waals surface area contributed by atoms with Crippen LogP contribution in [0.25, 0.3) is 0 Å². The number of amides is 6. The molecule has 0 bridgehead atoms. The summed E-state index contributed by atoms with van der Waals surface area (Å²) in [4.78, 5) is 45.9. The van der Waals surface area contributed by atoms with E-state index in [0.717, 1.165) is 20.9 Å². The Bertz CT molecular complexity index is 1990. The molecule has 284 valence electrons. The zero-order chi connectivity index (χ0) is 40.5. The van der Waals surface area contributed by atoms with E-state index < -0.39 is 45.4 Å². The molecule has 3 aromatic carbocycles. The second kappa shape index (κ2) is 13.5. The fraction of sp³-hybridized carbons (Fsp3) is 0.488. The minimum atomic E-state index is -1.42. The lowest BCUT2D eigenvalue weighted by molar-refractivity contribution is -0.723. The van der Waals surface area contributed by atoms with Crippen LogP contribution in [0.3, 0.4) is 0 Å². The number of aryl methyl sites for hydroxylation is 3. The molecular formula is C43H57N4O6+. The van der Waals surface area contributed by atoms with Gasteiger partial charge in [-0.25, -0.2) is 24.2 Å². The first-order valence-corrected chi connectivity index (χ1v) is 18.1. The summed E-state index contributed by atoms with van der Waals surface area (Å²) in [5, 5.41) is 44.9. The van der Waals surface area contributed by atoms with Crippen LogP contribution in [0.15, 0.2) is 18.2 Å². The molecule has 1 heterocycles. The highest BCUT2D eigenvalue weighted by molar-refractivity contribution is 6.06. The predicted molar refractivity (Wildman–Crippen MR) is 206 cm³/mol. The van der Waals surface area contributed by atoms with Gasteiger partial charge in [0, 0.05) is 11.1 Å². The minimum absolute atomic E-state index is 0.0113. The molecule has 10 heteroatoms. The first-order valence-electron chi connectivity index (χ1n) is 18.1. The molecule has 1 fully saturated rings. The largest absolute Gasteiger partial charge is 0.507 e. The third-order valence-electron chi connectivity index (χ3n) is 10.9. The summed E-state index contributed by atoms with van der Waals surface area (Å²) >= 11 is 0. The third kappa shape index (κ3) is 6.99. The monoisotopic (exact) mass is 725 g/mol. The van der Waals surface area contributed by atoms with Crippen LogP contribution in [0.4, 0.5) is 14.4 Å². The van der Waals surface area contributed by atoms with E-state index in [2.05, 4.69) is 0 Å². The van der Waals surface area contributed by atoms with Crippen molar-refractivity contribution in [1.29, 1.82) is 5.26 Å². The van der Waals surface area contributed by atoms with Gasteiger partial charge in [-0.2, -0.15) is 0 Å². The maximum absolute atomic E-state index is 14.8. The summed E-state index contributed by atoms with van der Waals surface area (Å²) < 4.78 is -1.42. The van der Waals surface area contributed by atoms with Crippen molar-refractivity contribution in [3.8, 4) is 23.4 Å². The van der Waals surface area contributed by atoms with Crippen LogP contribution in [0.2, 0.25) is 0 Å². The van der Waals surface area contributed by atoms with Gasteiger partial charge in [0.1, 0.15) is 23.8 Å². The highest BCUT2D eigenvalue weighted by atomic mass is 16.3. The highest BCUT2D eigenvalue weighted by Crippen LogP contribution is 2.42. The van der Waals surface area contributed by atoms with Gasteiger partial charge in [-0.15, -0.1) is 5.26 Å². The average Bonchev–Trinajstić information content (AvgIpc) is 3.03. The molecule has 3 N–H and O–H groups in total. The van der Waals surface area contributed by atoms with E-state index in [4.69, 9.17) is 0 Å². The lowest BCUT2D eigenvalue weighted by atomic mass is 9.82. The Morgan fingerprint density at radius 1 is 0.566 bits per heavy atom. The molecule has 0 radical (unpaired) electrons. The molecule has 10 nitrogen and oxygen atoms in total. The number of rotatable bonds is 6. The fourth-order valence-corrected chi connectivity index (χ4v) is 7.37. The number of urea groups is 3. The van der Waals surface area contributed by atoms with Gasteiger partial charge in [0.2, 0.25) is 0 Å². The van der Waals surface area contributed by atoms with E-state index in [9.17, 15) is 35.0 Å². The Labute approximate surface area is 314 Å². The molecule has 6 amide bonds. The Kier molecular flexibility index (Phi) is 10.4. The summed E-state index contributed by atoms with van der Waals surface area (Å²) in [6.45, 7) is 27.3. The van der Waals surface area contributed by atoms with Crippen LogP contribution in [-0.4, -0.2) is 47.7 Å². The number of aromatic hydroxyl groups is 3. The number of quaternary nitrogens is 1. The van der Waals surface area contributed by atoms with Gasteiger partial charge in [0.25, 0.3) is 0 Å². The molecule has 4 rings (SSSR count). The molecule has 53 heavy (non-hydrogen) atoms. The molecular weight excluding hydrogens is 668 g/mol. The SMILES string of the molecule is Cc1cc(C(C)(C)C)c(O)c(C)c1CN1C(=O)N(Cc2c(C)cc(C(C)(C)C)c(O)c2C)C(=O)[N+](C#N)(Cc2c(C)cc(C(C)(C)C)c(O)c2C)C1=O. The van der Waals surface area contributed by atoms with Crippen molar-refractivity contribution in [2.75, 3.05) is 0 Å². The Morgan fingerprint density at radius 3 is 1.13 bits per heavy atom. The second-order valence-electron chi connectivity index (χ2n) is 17.9. The summed E-state index contributed by atoms with van der Waals surface area (Å²) in [6.07, 6.45) is 2.00. The maximum atomic E-state index is 14.8. The smallest absolute Gasteiger partial charge is 0.452 e. The van der Waals surface area contributed by atoms with Crippen LogP contribution in [0.1, 0.15) is 129 Å².